The number of likely N-dealkylation sites (N-methyl/N-ethyl adjacent to an activating group) is 1. The number of hydrogen-bond acceptors (Lipinski definition) is 3. The third-order valence-corrected chi connectivity index (χ3v) is 4.47. The van der Waals surface area contributed by atoms with E-state index in [2.05, 4.69) is 28.2 Å². The fourth-order valence-corrected chi connectivity index (χ4v) is 3.05. The highest BCUT2D eigenvalue weighted by molar-refractivity contribution is 5.78. The molecule has 1 atom stereocenters. The van der Waals surface area contributed by atoms with Gasteiger partial charge in [0, 0.05) is 30.7 Å². The number of rotatable bonds is 4. The van der Waals surface area contributed by atoms with Crippen LogP contribution in [0.15, 0.2) is 6.07 Å². The summed E-state index contributed by atoms with van der Waals surface area (Å²) in [6.45, 7) is 4.31. The molecular formula is C15H24N4O. The molecule has 1 saturated carbocycles. The second kappa shape index (κ2) is 5.56. The van der Waals surface area contributed by atoms with Crippen molar-refractivity contribution >= 4 is 5.91 Å². The summed E-state index contributed by atoms with van der Waals surface area (Å²) in [5.74, 6) is 0.667. The van der Waals surface area contributed by atoms with Crippen LogP contribution in [0.4, 0.5) is 0 Å². The smallest absolute Gasteiger partial charge is 0.236 e. The van der Waals surface area contributed by atoms with E-state index in [-0.39, 0.29) is 5.91 Å². The summed E-state index contributed by atoms with van der Waals surface area (Å²) in [6.07, 6.45) is 4.71. The molecule has 0 bridgehead atoms. The molecule has 1 amide bonds. The molecule has 2 heterocycles. The van der Waals surface area contributed by atoms with E-state index in [0.29, 0.717) is 18.5 Å². The lowest BCUT2D eigenvalue weighted by molar-refractivity contribution is -0.133. The summed E-state index contributed by atoms with van der Waals surface area (Å²) < 4.78 is 0. The maximum Gasteiger partial charge on any atom is 0.236 e. The number of carbonyl (C=O) groups is 1. The molecule has 1 saturated heterocycles. The topological polar surface area (TPSA) is 52.2 Å². The minimum absolute atomic E-state index is 0.274. The first-order chi connectivity index (χ1) is 9.63. The number of nitrogens with one attached hydrogen (secondary N) is 1. The van der Waals surface area contributed by atoms with E-state index in [0.717, 1.165) is 37.3 Å². The molecule has 5 nitrogen and oxygen atoms in total. The van der Waals surface area contributed by atoms with Crippen LogP contribution < -0.4 is 0 Å². The molecule has 110 valence electrons. The normalized spacial score (nSPS) is 23.4. The van der Waals surface area contributed by atoms with Gasteiger partial charge in [-0.25, -0.2) is 0 Å². The number of piperidine rings is 1. The van der Waals surface area contributed by atoms with Gasteiger partial charge >= 0.3 is 0 Å². The lowest BCUT2D eigenvalue weighted by atomic mass is 9.94. The third kappa shape index (κ3) is 3.03. The van der Waals surface area contributed by atoms with Crippen molar-refractivity contribution in [3.63, 3.8) is 0 Å². The first-order valence-electron chi connectivity index (χ1n) is 7.63. The number of aryl methyl sites for hydroxylation is 1. The Labute approximate surface area is 120 Å². The Kier molecular flexibility index (Phi) is 3.78. The molecule has 1 N–H and O–H groups in total. The molecule has 1 aliphatic carbocycles. The highest BCUT2D eigenvalue weighted by atomic mass is 16.2. The first kappa shape index (κ1) is 13.6. The minimum Gasteiger partial charge on any atom is -0.341 e. The summed E-state index contributed by atoms with van der Waals surface area (Å²) >= 11 is 0. The van der Waals surface area contributed by atoms with Crippen molar-refractivity contribution in [2.75, 3.05) is 26.7 Å². The molecule has 1 aliphatic heterocycles. The lowest BCUT2D eigenvalue weighted by Gasteiger charge is -2.33. The van der Waals surface area contributed by atoms with Gasteiger partial charge in [0.1, 0.15) is 0 Å². The number of likely N-dealkylation sites (tertiary alicyclic amines) is 1. The van der Waals surface area contributed by atoms with E-state index in [1.54, 1.807) is 0 Å². The number of aromatic nitrogens is 2. The average molecular weight is 276 g/mol. The molecule has 3 rings (SSSR count). The summed E-state index contributed by atoms with van der Waals surface area (Å²) in [7, 11) is 2.06. The van der Waals surface area contributed by atoms with Crippen LogP contribution in [0.1, 0.15) is 43.0 Å². The molecule has 1 aromatic rings. The van der Waals surface area contributed by atoms with Gasteiger partial charge in [0.2, 0.25) is 5.91 Å². The highest BCUT2D eigenvalue weighted by Crippen LogP contribution is 2.27. The van der Waals surface area contributed by atoms with Crippen molar-refractivity contribution < 1.29 is 4.79 Å². The Morgan fingerprint density at radius 3 is 2.95 bits per heavy atom. The highest BCUT2D eigenvalue weighted by Gasteiger charge is 2.30. The van der Waals surface area contributed by atoms with Crippen molar-refractivity contribution in [2.24, 2.45) is 0 Å². The largest absolute Gasteiger partial charge is 0.341 e. The van der Waals surface area contributed by atoms with Gasteiger partial charge in [0.25, 0.3) is 0 Å². The van der Waals surface area contributed by atoms with Crippen molar-refractivity contribution in [1.82, 2.24) is 20.0 Å². The van der Waals surface area contributed by atoms with Gasteiger partial charge in [-0.2, -0.15) is 5.10 Å². The number of H-pyrrole nitrogens is 1. The van der Waals surface area contributed by atoms with Crippen molar-refractivity contribution in [3.05, 3.63) is 17.5 Å². The van der Waals surface area contributed by atoms with Crippen LogP contribution in [-0.2, 0) is 4.79 Å². The lowest BCUT2D eigenvalue weighted by Crippen LogP contribution is -2.44. The summed E-state index contributed by atoms with van der Waals surface area (Å²) in [4.78, 5) is 16.6. The zero-order chi connectivity index (χ0) is 14.1. The SMILES string of the molecule is Cc1cc([C@H]2CCCN(C(=O)CN(C)C3CC3)C2)n[nH]1. The van der Waals surface area contributed by atoms with Gasteiger partial charge in [0.05, 0.1) is 12.2 Å². The monoisotopic (exact) mass is 276 g/mol. The van der Waals surface area contributed by atoms with E-state index >= 15 is 0 Å². The van der Waals surface area contributed by atoms with Gasteiger partial charge in [0.15, 0.2) is 0 Å². The van der Waals surface area contributed by atoms with Gasteiger partial charge in [-0.1, -0.05) is 0 Å². The molecule has 5 heteroatoms. The van der Waals surface area contributed by atoms with Crippen LogP contribution in [0.5, 0.6) is 0 Å². The minimum atomic E-state index is 0.274. The molecule has 2 fully saturated rings. The Hall–Kier alpha value is -1.36. The molecule has 2 aliphatic rings. The van der Waals surface area contributed by atoms with E-state index < -0.39 is 0 Å². The molecule has 0 spiro atoms. The second-order valence-corrected chi connectivity index (χ2v) is 6.30. The van der Waals surface area contributed by atoms with Crippen LogP contribution >= 0.6 is 0 Å². The fraction of sp³-hybridized carbons (Fsp3) is 0.733. The summed E-state index contributed by atoms with van der Waals surface area (Å²) in [5.41, 5.74) is 2.20. The maximum absolute atomic E-state index is 12.4. The van der Waals surface area contributed by atoms with E-state index in [1.807, 2.05) is 11.8 Å². The fourth-order valence-electron chi connectivity index (χ4n) is 3.05. The van der Waals surface area contributed by atoms with Gasteiger partial charge in [-0.3, -0.25) is 14.8 Å². The molecule has 0 aromatic carbocycles. The van der Waals surface area contributed by atoms with Crippen LogP contribution in [0.3, 0.4) is 0 Å². The first-order valence-corrected chi connectivity index (χ1v) is 7.63. The zero-order valence-electron chi connectivity index (χ0n) is 12.4. The van der Waals surface area contributed by atoms with Crippen LogP contribution in [0.2, 0.25) is 0 Å². The van der Waals surface area contributed by atoms with E-state index in [9.17, 15) is 4.79 Å². The van der Waals surface area contributed by atoms with Gasteiger partial charge in [-0.05, 0) is 45.7 Å². The maximum atomic E-state index is 12.4. The van der Waals surface area contributed by atoms with Crippen molar-refractivity contribution in [1.29, 1.82) is 0 Å². The Morgan fingerprint density at radius 2 is 2.30 bits per heavy atom. The second-order valence-electron chi connectivity index (χ2n) is 6.30. The van der Waals surface area contributed by atoms with Gasteiger partial charge < -0.3 is 4.90 Å². The molecular weight excluding hydrogens is 252 g/mol. The quantitative estimate of drug-likeness (QED) is 0.907. The van der Waals surface area contributed by atoms with Crippen LogP contribution in [0, 0.1) is 6.92 Å². The molecule has 1 aromatic heterocycles. The predicted molar refractivity (Wildman–Crippen MR) is 77.5 cm³/mol. The number of hydrogen-bond donors (Lipinski definition) is 1. The molecule has 20 heavy (non-hydrogen) atoms. The summed E-state index contributed by atoms with van der Waals surface area (Å²) in [5, 5.41) is 7.36. The van der Waals surface area contributed by atoms with Gasteiger partial charge in [-0.15, -0.1) is 0 Å². The third-order valence-electron chi connectivity index (χ3n) is 4.47. The van der Waals surface area contributed by atoms with Crippen molar-refractivity contribution in [3.8, 4) is 0 Å². The molecule has 0 unspecified atom stereocenters. The van der Waals surface area contributed by atoms with E-state index in [4.69, 9.17) is 0 Å². The Bertz CT molecular complexity index is 480. The number of nitrogens with zero attached hydrogens (tertiary/aromatic N) is 3. The van der Waals surface area contributed by atoms with Crippen LogP contribution in [-0.4, -0.2) is 58.6 Å². The average Bonchev–Trinajstić information content (AvgIpc) is 3.21. The zero-order valence-corrected chi connectivity index (χ0v) is 12.4. The standard InChI is InChI=1S/C15H24N4O/c1-11-8-14(17-16-11)12-4-3-7-19(9-12)15(20)10-18(2)13-5-6-13/h8,12-13H,3-7,9-10H2,1-2H3,(H,16,17)/t12-/m0/s1. The Morgan fingerprint density at radius 1 is 1.50 bits per heavy atom. The van der Waals surface area contributed by atoms with Crippen LogP contribution in [0.25, 0.3) is 0 Å². The Balaban J connectivity index is 1.58. The van der Waals surface area contributed by atoms with Crippen molar-refractivity contribution in [2.45, 2.75) is 44.6 Å². The molecule has 0 radical (unpaired) electrons. The summed E-state index contributed by atoms with van der Waals surface area (Å²) in [6, 6.07) is 2.75. The number of aromatic amines is 1. The number of carbonyl (C=O) groups excluding carboxylic acids is 1. The predicted octanol–water partition coefficient (Wildman–Crippen LogP) is 1.52. The number of amides is 1. The van der Waals surface area contributed by atoms with E-state index in [1.165, 1.54) is 12.8 Å².